The van der Waals surface area contributed by atoms with Crippen LogP contribution in [0, 0.1) is 11.8 Å². The van der Waals surface area contributed by atoms with Crippen LogP contribution in [0.1, 0.15) is 130 Å². The third-order valence-electron chi connectivity index (χ3n) is 9.01. The van der Waals surface area contributed by atoms with Gasteiger partial charge in [-0.25, -0.2) is 4.57 Å². The molecule has 0 aromatic heterocycles. The number of fused-ring (bicyclic) bond motifs is 3. The van der Waals surface area contributed by atoms with Crippen molar-refractivity contribution in [2.45, 2.75) is 149 Å². The molecule has 3 heterocycles. The number of piperidine rings is 3. The number of phosphoric ester groups is 1. The van der Waals surface area contributed by atoms with Gasteiger partial charge in [0.2, 0.25) is 0 Å². The second kappa shape index (κ2) is 19.7. The van der Waals surface area contributed by atoms with Crippen LogP contribution in [0.25, 0.3) is 0 Å². The summed E-state index contributed by atoms with van der Waals surface area (Å²) in [7, 11) is -2.18. The van der Waals surface area contributed by atoms with Crippen LogP contribution < -0.4 is 0 Å². The summed E-state index contributed by atoms with van der Waals surface area (Å²) in [4.78, 5) is 22.6. The Morgan fingerprint density at radius 2 is 1.41 bits per heavy atom. The Labute approximate surface area is 251 Å². The van der Waals surface area contributed by atoms with Gasteiger partial charge in [-0.1, -0.05) is 104 Å². The predicted octanol–water partition coefficient (Wildman–Crippen LogP) is 7.81. The zero-order valence-corrected chi connectivity index (χ0v) is 27.9. The largest absolute Gasteiger partial charge is 0.473 e. The molecule has 0 radical (unpaired) electrons. The molecule has 0 aromatic carbocycles. The molecule has 0 spiro atoms. The maximum Gasteiger partial charge on any atom is 0.473 e. The first-order valence-electron chi connectivity index (χ1n) is 16.8. The van der Waals surface area contributed by atoms with Gasteiger partial charge in [0.25, 0.3) is 0 Å². The van der Waals surface area contributed by atoms with Gasteiger partial charge in [-0.05, 0) is 12.3 Å². The zero-order valence-electron chi connectivity index (χ0n) is 27.0. The Morgan fingerprint density at radius 3 is 1.88 bits per heavy atom. The number of rotatable bonds is 24. The molecule has 4 atom stereocenters. The second-order valence-electron chi connectivity index (χ2n) is 13.3. The van der Waals surface area contributed by atoms with E-state index >= 15 is 0 Å². The van der Waals surface area contributed by atoms with E-state index < -0.39 is 26.0 Å². The number of quaternary nitrogens is 1. The molecule has 9 heteroatoms. The molecule has 3 saturated heterocycles. The lowest BCUT2D eigenvalue weighted by Crippen LogP contribution is -2.61. The average molecular weight is 605 g/mol. The molecule has 0 saturated carbocycles. The molecule has 8 nitrogen and oxygen atoms in total. The van der Waals surface area contributed by atoms with Crippen molar-refractivity contribution >= 4 is 13.8 Å². The molecular formula is C32H63NO7P+. The van der Waals surface area contributed by atoms with E-state index in [1.165, 1.54) is 84.0 Å². The van der Waals surface area contributed by atoms with Gasteiger partial charge >= 0.3 is 13.8 Å². The minimum absolute atomic E-state index is 0.127. The van der Waals surface area contributed by atoms with Crippen LogP contribution in [-0.4, -0.2) is 73.6 Å². The smallest absolute Gasteiger partial charge is 0.457 e. The third-order valence-corrected chi connectivity index (χ3v) is 10.1. The molecule has 3 aliphatic heterocycles. The molecule has 0 aromatic rings. The van der Waals surface area contributed by atoms with E-state index in [0.29, 0.717) is 6.61 Å². The molecule has 2 bridgehead atoms. The van der Waals surface area contributed by atoms with Gasteiger partial charge in [0.15, 0.2) is 6.10 Å². The highest BCUT2D eigenvalue weighted by Gasteiger charge is 2.47. The Bertz CT molecular complexity index is 756. The standard InChI is InChI=1S/C32H62NO7P/c1-6-7-8-9-10-11-12-13-14-15-16-17-18-19-24-37-26-31(38-28(4)34)32(27(2)3)40-41(35,36)39-30-25-33(5)22-20-29(30)21-23-33/h27,29-32H,6-26H2,1-5H3/p+1. The minimum Gasteiger partial charge on any atom is -0.457 e. The molecule has 0 amide bonds. The fourth-order valence-electron chi connectivity index (χ4n) is 6.44. The number of likely N-dealkylation sites (N-methyl/N-ethyl adjacent to an activating group) is 1. The number of phosphoric acid groups is 1. The summed E-state index contributed by atoms with van der Waals surface area (Å²) in [6.07, 6.45) is 18.3. The quantitative estimate of drug-likeness (QED) is 0.0520. The molecule has 4 unspecified atom stereocenters. The minimum atomic E-state index is -4.36. The monoisotopic (exact) mass is 604 g/mol. The van der Waals surface area contributed by atoms with Crippen LogP contribution in [0.4, 0.5) is 0 Å². The van der Waals surface area contributed by atoms with Crippen molar-refractivity contribution in [1.29, 1.82) is 0 Å². The number of nitrogens with zero attached hydrogens (tertiary/aromatic N) is 1. The Morgan fingerprint density at radius 1 is 0.902 bits per heavy atom. The average Bonchev–Trinajstić information content (AvgIpc) is 2.90. The highest BCUT2D eigenvalue weighted by Crippen LogP contribution is 2.51. The van der Waals surface area contributed by atoms with Crippen LogP contribution in [0.15, 0.2) is 0 Å². The summed E-state index contributed by atoms with van der Waals surface area (Å²) < 4.78 is 36.8. The van der Waals surface area contributed by atoms with Crippen LogP contribution in [0.3, 0.4) is 0 Å². The van der Waals surface area contributed by atoms with Crippen molar-refractivity contribution in [2.24, 2.45) is 11.8 Å². The maximum atomic E-state index is 13.1. The second-order valence-corrected chi connectivity index (χ2v) is 14.7. The fourth-order valence-corrected chi connectivity index (χ4v) is 7.76. The number of carbonyl (C=O) groups is 1. The van der Waals surface area contributed by atoms with Gasteiger partial charge in [0.1, 0.15) is 18.8 Å². The normalized spacial score (nSPS) is 25.2. The summed E-state index contributed by atoms with van der Waals surface area (Å²) in [5, 5.41) is 0. The molecule has 0 aliphatic carbocycles. The predicted molar refractivity (Wildman–Crippen MR) is 165 cm³/mol. The molecule has 3 fully saturated rings. The lowest BCUT2D eigenvalue weighted by molar-refractivity contribution is -0.928. The van der Waals surface area contributed by atoms with Gasteiger partial charge in [0.05, 0.1) is 26.7 Å². The van der Waals surface area contributed by atoms with E-state index in [1.807, 2.05) is 13.8 Å². The van der Waals surface area contributed by atoms with E-state index in [9.17, 15) is 14.3 Å². The molecule has 3 rings (SSSR count). The van der Waals surface area contributed by atoms with Gasteiger partial charge in [-0.15, -0.1) is 0 Å². The number of hydrogen-bond acceptors (Lipinski definition) is 6. The van der Waals surface area contributed by atoms with Crippen LogP contribution in [0.5, 0.6) is 0 Å². The van der Waals surface area contributed by atoms with E-state index in [4.69, 9.17) is 18.5 Å². The van der Waals surface area contributed by atoms with Crippen molar-refractivity contribution in [1.82, 2.24) is 0 Å². The number of unbranched alkanes of at least 4 members (excludes halogenated alkanes) is 13. The third kappa shape index (κ3) is 15.2. The van der Waals surface area contributed by atoms with Crippen molar-refractivity contribution < 1.29 is 37.3 Å². The number of ether oxygens (including phenoxy) is 2. The van der Waals surface area contributed by atoms with Gasteiger partial charge < -0.3 is 18.9 Å². The first-order chi connectivity index (χ1) is 19.6. The Balaban J connectivity index is 1.65. The van der Waals surface area contributed by atoms with E-state index in [0.717, 1.165) is 49.8 Å². The molecule has 242 valence electrons. The van der Waals surface area contributed by atoms with Crippen molar-refractivity contribution in [2.75, 3.05) is 39.9 Å². The van der Waals surface area contributed by atoms with Crippen LogP contribution in [0.2, 0.25) is 0 Å². The lowest BCUT2D eigenvalue weighted by atomic mass is 9.84. The number of hydrogen-bond donors (Lipinski definition) is 1. The molecule has 1 N–H and O–H groups in total. The maximum absolute atomic E-state index is 13.1. The zero-order chi connectivity index (χ0) is 30.1. The SMILES string of the molecule is CCCCCCCCCCCCCCCCOCC(OC(C)=O)C(OP(=O)(O)OC1C[N+]2(C)CCC1CC2)C(C)C. The van der Waals surface area contributed by atoms with Crippen molar-refractivity contribution in [3.05, 3.63) is 0 Å². The van der Waals surface area contributed by atoms with Gasteiger partial charge in [-0.2, -0.15) is 0 Å². The summed E-state index contributed by atoms with van der Waals surface area (Å²) in [6, 6.07) is 0. The Hall–Kier alpha value is -0.500. The molecule has 41 heavy (non-hydrogen) atoms. The summed E-state index contributed by atoms with van der Waals surface area (Å²) in [6.45, 7) is 11.0. The summed E-state index contributed by atoms with van der Waals surface area (Å²) in [5.41, 5.74) is 0. The highest BCUT2D eigenvalue weighted by molar-refractivity contribution is 7.47. The van der Waals surface area contributed by atoms with Crippen LogP contribution in [-0.2, 0) is 27.9 Å². The first kappa shape index (κ1) is 36.7. The van der Waals surface area contributed by atoms with E-state index in [2.05, 4.69) is 14.0 Å². The van der Waals surface area contributed by atoms with Gasteiger partial charge in [-0.3, -0.25) is 13.8 Å². The summed E-state index contributed by atoms with van der Waals surface area (Å²) >= 11 is 0. The molecule has 3 aliphatic rings. The van der Waals surface area contributed by atoms with Crippen molar-refractivity contribution in [3.8, 4) is 0 Å². The molecular weight excluding hydrogens is 541 g/mol. The summed E-state index contributed by atoms with van der Waals surface area (Å²) in [5.74, 6) is -0.355. The van der Waals surface area contributed by atoms with Crippen LogP contribution >= 0.6 is 7.82 Å². The van der Waals surface area contributed by atoms with Crippen molar-refractivity contribution in [3.63, 3.8) is 0 Å². The topological polar surface area (TPSA) is 91.3 Å². The Kier molecular flexibility index (Phi) is 17.6. The van der Waals surface area contributed by atoms with E-state index in [1.54, 1.807) is 0 Å². The fraction of sp³-hybridized carbons (Fsp3) is 0.969. The number of esters is 1. The highest BCUT2D eigenvalue weighted by atomic mass is 31.2. The first-order valence-corrected chi connectivity index (χ1v) is 18.3. The van der Waals surface area contributed by atoms with E-state index in [-0.39, 0.29) is 24.5 Å². The van der Waals surface area contributed by atoms with Gasteiger partial charge in [0, 0.05) is 32.3 Å². The lowest BCUT2D eigenvalue weighted by Gasteiger charge is -2.50. The number of carbonyl (C=O) groups excluding carboxylic acids is 1.